The first-order chi connectivity index (χ1) is 8.58. The fourth-order valence-electron chi connectivity index (χ4n) is 2.78. The Morgan fingerprint density at radius 3 is 2.61 bits per heavy atom. The van der Waals surface area contributed by atoms with E-state index >= 15 is 0 Å². The van der Waals surface area contributed by atoms with E-state index in [0.717, 1.165) is 18.2 Å². The number of nitrogens with two attached hydrogens (primary N) is 1. The van der Waals surface area contributed by atoms with Gasteiger partial charge in [-0.2, -0.15) is 0 Å². The quantitative estimate of drug-likeness (QED) is 0.633. The van der Waals surface area contributed by atoms with Gasteiger partial charge in [-0.15, -0.1) is 0 Å². The molecule has 1 fully saturated rings. The molecule has 0 amide bonds. The zero-order valence-corrected chi connectivity index (χ0v) is 11.4. The number of benzene rings is 1. The van der Waals surface area contributed by atoms with Crippen LogP contribution in [-0.4, -0.2) is 23.8 Å². The normalized spacial score (nSPS) is 16.4. The minimum Gasteiger partial charge on any atom is -0.384 e. The summed E-state index contributed by atoms with van der Waals surface area (Å²) in [4.78, 5) is 2.46. The summed E-state index contributed by atoms with van der Waals surface area (Å²) in [5.74, 6) is 0.147. The Morgan fingerprint density at radius 2 is 2.06 bits per heavy atom. The Morgan fingerprint density at radius 1 is 1.39 bits per heavy atom. The van der Waals surface area contributed by atoms with Crippen LogP contribution in [-0.2, 0) is 6.54 Å². The molecule has 1 aliphatic rings. The summed E-state index contributed by atoms with van der Waals surface area (Å²) in [5, 5.41) is 7.45. The number of nitrogens with zero attached hydrogens (tertiary/aromatic N) is 1. The molecule has 0 aliphatic heterocycles. The van der Waals surface area contributed by atoms with Crippen LogP contribution in [0.25, 0.3) is 0 Å². The van der Waals surface area contributed by atoms with Crippen molar-refractivity contribution in [2.24, 2.45) is 5.73 Å². The maximum atomic E-state index is 7.45. The lowest BCUT2D eigenvalue weighted by atomic mass is 10.0. The van der Waals surface area contributed by atoms with E-state index in [9.17, 15) is 0 Å². The van der Waals surface area contributed by atoms with Crippen LogP contribution in [0.2, 0.25) is 0 Å². The van der Waals surface area contributed by atoms with Crippen molar-refractivity contribution in [1.29, 1.82) is 5.41 Å². The van der Waals surface area contributed by atoms with Gasteiger partial charge in [-0.25, -0.2) is 0 Å². The van der Waals surface area contributed by atoms with Crippen LogP contribution in [0.1, 0.15) is 42.4 Å². The molecule has 18 heavy (non-hydrogen) atoms. The fourth-order valence-corrected chi connectivity index (χ4v) is 2.78. The van der Waals surface area contributed by atoms with Crippen LogP contribution in [0, 0.1) is 12.3 Å². The average molecular weight is 245 g/mol. The van der Waals surface area contributed by atoms with Crippen molar-refractivity contribution in [3.63, 3.8) is 0 Å². The third kappa shape index (κ3) is 2.91. The molecule has 98 valence electrons. The number of aryl methyl sites for hydroxylation is 1. The fraction of sp³-hybridized carbons (Fsp3) is 0.533. The molecule has 1 aromatic rings. The Kier molecular flexibility index (Phi) is 4.02. The number of rotatable bonds is 4. The van der Waals surface area contributed by atoms with E-state index in [1.54, 1.807) is 0 Å². The van der Waals surface area contributed by atoms with E-state index < -0.39 is 0 Å². The lowest BCUT2D eigenvalue weighted by Crippen LogP contribution is -2.28. The number of hydrogen-bond donors (Lipinski definition) is 2. The summed E-state index contributed by atoms with van der Waals surface area (Å²) in [7, 11) is 2.22. The summed E-state index contributed by atoms with van der Waals surface area (Å²) in [6.07, 6.45) is 5.41. The lowest BCUT2D eigenvalue weighted by Gasteiger charge is -2.25. The van der Waals surface area contributed by atoms with Gasteiger partial charge in [0.15, 0.2) is 0 Å². The van der Waals surface area contributed by atoms with Crippen molar-refractivity contribution in [2.75, 3.05) is 7.05 Å². The highest BCUT2D eigenvalue weighted by molar-refractivity contribution is 5.95. The maximum Gasteiger partial charge on any atom is 0.122 e. The molecule has 0 unspecified atom stereocenters. The number of hydrogen-bond acceptors (Lipinski definition) is 2. The molecule has 0 atom stereocenters. The molecule has 0 spiro atoms. The van der Waals surface area contributed by atoms with Gasteiger partial charge < -0.3 is 5.73 Å². The highest BCUT2D eigenvalue weighted by atomic mass is 15.1. The second-order valence-electron chi connectivity index (χ2n) is 5.41. The number of nitrogen functional groups attached to an aromatic ring is 1. The van der Waals surface area contributed by atoms with Crippen molar-refractivity contribution in [3.05, 3.63) is 34.9 Å². The largest absolute Gasteiger partial charge is 0.384 e. The van der Waals surface area contributed by atoms with Gasteiger partial charge in [-0.05, 0) is 44.0 Å². The standard InChI is InChI=1S/C15H23N3/c1-11-9-12(15(16)17)7-8-13(11)10-18(2)14-5-3-4-6-14/h7-9,14H,3-6,10H2,1-2H3,(H3,16,17). The molecule has 0 saturated heterocycles. The zero-order valence-electron chi connectivity index (χ0n) is 11.4. The molecule has 0 heterocycles. The monoisotopic (exact) mass is 245 g/mol. The Bertz CT molecular complexity index is 433. The molecule has 1 saturated carbocycles. The van der Waals surface area contributed by atoms with Crippen LogP contribution in [0.4, 0.5) is 0 Å². The van der Waals surface area contributed by atoms with Gasteiger partial charge in [-0.1, -0.05) is 25.0 Å². The first-order valence-corrected chi connectivity index (χ1v) is 6.72. The SMILES string of the molecule is Cc1cc(C(=N)N)ccc1CN(C)C1CCCC1. The molecule has 0 bridgehead atoms. The number of nitrogens with one attached hydrogen (secondary N) is 1. The van der Waals surface area contributed by atoms with Gasteiger partial charge in [0.2, 0.25) is 0 Å². The molecule has 1 aromatic carbocycles. The Hall–Kier alpha value is -1.35. The van der Waals surface area contributed by atoms with Gasteiger partial charge in [0.1, 0.15) is 5.84 Å². The third-order valence-corrected chi connectivity index (χ3v) is 4.02. The van der Waals surface area contributed by atoms with E-state index in [1.165, 1.54) is 36.8 Å². The highest BCUT2D eigenvalue weighted by Crippen LogP contribution is 2.24. The summed E-state index contributed by atoms with van der Waals surface area (Å²) >= 11 is 0. The third-order valence-electron chi connectivity index (χ3n) is 4.02. The Labute approximate surface area is 109 Å². The average Bonchev–Trinajstić information content (AvgIpc) is 2.85. The van der Waals surface area contributed by atoms with Crippen molar-refractivity contribution < 1.29 is 0 Å². The second kappa shape index (κ2) is 5.53. The van der Waals surface area contributed by atoms with E-state index in [-0.39, 0.29) is 5.84 Å². The maximum absolute atomic E-state index is 7.45. The smallest absolute Gasteiger partial charge is 0.122 e. The molecule has 1 aliphatic carbocycles. The first kappa shape index (κ1) is 13.1. The summed E-state index contributed by atoms with van der Waals surface area (Å²) in [6, 6.07) is 6.82. The van der Waals surface area contributed by atoms with E-state index in [2.05, 4.69) is 24.9 Å². The van der Waals surface area contributed by atoms with E-state index in [0.29, 0.717) is 0 Å². The van der Waals surface area contributed by atoms with Gasteiger partial charge in [0.05, 0.1) is 0 Å². The Balaban J connectivity index is 2.06. The molecule has 0 aromatic heterocycles. The molecule has 2 rings (SSSR count). The van der Waals surface area contributed by atoms with Crippen LogP contribution in [0.5, 0.6) is 0 Å². The predicted molar refractivity (Wildman–Crippen MR) is 75.9 cm³/mol. The molecule has 3 nitrogen and oxygen atoms in total. The van der Waals surface area contributed by atoms with Crippen molar-refractivity contribution >= 4 is 5.84 Å². The van der Waals surface area contributed by atoms with Gasteiger partial charge in [0.25, 0.3) is 0 Å². The van der Waals surface area contributed by atoms with Crippen molar-refractivity contribution in [3.8, 4) is 0 Å². The minimum atomic E-state index is 0.147. The molecule has 3 N–H and O–H groups in total. The summed E-state index contributed by atoms with van der Waals surface area (Å²) < 4.78 is 0. The predicted octanol–water partition coefficient (Wildman–Crippen LogP) is 2.65. The first-order valence-electron chi connectivity index (χ1n) is 6.72. The lowest BCUT2D eigenvalue weighted by molar-refractivity contribution is 0.237. The van der Waals surface area contributed by atoms with Crippen LogP contribution < -0.4 is 5.73 Å². The van der Waals surface area contributed by atoms with E-state index in [1.807, 2.05) is 12.1 Å². The summed E-state index contributed by atoms with van der Waals surface area (Å²) in [5.41, 5.74) is 8.90. The summed E-state index contributed by atoms with van der Waals surface area (Å²) in [6.45, 7) is 3.10. The van der Waals surface area contributed by atoms with E-state index in [4.69, 9.17) is 11.1 Å². The van der Waals surface area contributed by atoms with Crippen LogP contribution >= 0.6 is 0 Å². The molecule has 0 radical (unpaired) electrons. The highest BCUT2D eigenvalue weighted by Gasteiger charge is 2.19. The second-order valence-corrected chi connectivity index (χ2v) is 5.41. The van der Waals surface area contributed by atoms with Crippen LogP contribution in [0.3, 0.4) is 0 Å². The minimum absolute atomic E-state index is 0.147. The molecular weight excluding hydrogens is 222 g/mol. The van der Waals surface area contributed by atoms with Crippen LogP contribution in [0.15, 0.2) is 18.2 Å². The zero-order chi connectivity index (χ0) is 13.1. The molecular formula is C15H23N3. The van der Waals surface area contributed by atoms with Crippen molar-refractivity contribution in [2.45, 2.75) is 45.2 Å². The van der Waals surface area contributed by atoms with Crippen molar-refractivity contribution in [1.82, 2.24) is 4.90 Å². The molecule has 3 heteroatoms. The number of amidine groups is 1. The topological polar surface area (TPSA) is 53.1 Å². The van der Waals surface area contributed by atoms with Gasteiger partial charge in [0, 0.05) is 18.2 Å². The van der Waals surface area contributed by atoms with Gasteiger partial charge in [-0.3, -0.25) is 10.3 Å². The van der Waals surface area contributed by atoms with Gasteiger partial charge >= 0.3 is 0 Å².